The van der Waals surface area contributed by atoms with Crippen LogP contribution in [0.2, 0.25) is 0 Å². The first-order chi connectivity index (χ1) is 20.3. The van der Waals surface area contributed by atoms with Crippen LogP contribution in [0.3, 0.4) is 0 Å². The fraction of sp³-hybridized carbons (Fsp3) is 0.806. The van der Waals surface area contributed by atoms with Crippen molar-refractivity contribution in [2.24, 2.45) is 16.7 Å². The van der Waals surface area contributed by atoms with E-state index in [0.29, 0.717) is 12.8 Å². The predicted molar refractivity (Wildman–Crippen MR) is 153 cm³/mol. The molecule has 0 aromatic carbocycles. The van der Waals surface area contributed by atoms with Gasteiger partial charge in [0, 0.05) is 38.0 Å². The molecule has 2 saturated carbocycles. The summed E-state index contributed by atoms with van der Waals surface area (Å²) in [6.07, 6.45) is -7.86. The smallest absolute Gasteiger partial charge is 0.337 e. The molecule has 248 valence electrons. The highest BCUT2D eigenvalue weighted by atomic mass is 16.6. The van der Waals surface area contributed by atoms with Crippen LogP contribution in [-0.4, -0.2) is 110 Å². The Morgan fingerprint density at radius 3 is 2.27 bits per heavy atom. The van der Waals surface area contributed by atoms with Crippen molar-refractivity contribution in [2.75, 3.05) is 6.61 Å². The topological polar surface area (TPSA) is 209 Å². The maximum Gasteiger partial charge on any atom is 0.337 e. The first-order valence-corrected chi connectivity index (χ1v) is 15.3. The molecule has 1 heterocycles. The molecular weight excluding hydrogens is 578 g/mol. The zero-order valence-corrected chi connectivity index (χ0v) is 26.5. The van der Waals surface area contributed by atoms with Crippen molar-refractivity contribution in [3.05, 3.63) is 11.1 Å². The van der Waals surface area contributed by atoms with E-state index < -0.39 is 101 Å². The first-order valence-electron chi connectivity index (χ1n) is 15.3. The number of fused-ring (bicyclic) bond motifs is 5. The van der Waals surface area contributed by atoms with Crippen molar-refractivity contribution < 1.29 is 58.9 Å². The van der Waals surface area contributed by atoms with E-state index in [-0.39, 0.29) is 24.2 Å². The van der Waals surface area contributed by atoms with Gasteiger partial charge in [-0.25, -0.2) is 4.79 Å². The third-order valence-corrected chi connectivity index (χ3v) is 10.8. The number of nitrogens with one attached hydrogen (secondary N) is 1. The molecule has 0 aromatic rings. The van der Waals surface area contributed by atoms with Crippen LogP contribution < -0.4 is 5.32 Å². The monoisotopic (exact) mass is 625 g/mol. The third-order valence-electron chi connectivity index (χ3n) is 10.8. The Morgan fingerprint density at radius 2 is 1.75 bits per heavy atom. The highest BCUT2D eigenvalue weighted by molar-refractivity contribution is 5.93. The predicted octanol–water partition coefficient (Wildman–Crippen LogP) is -0.176. The van der Waals surface area contributed by atoms with Gasteiger partial charge in [0.25, 0.3) is 0 Å². The number of carbonyl (C=O) groups excluding carboxylic acids is 4. The van der Waals surface area contributed by atoms with Crippen LogP contribution in [0.25, 0.3) is 0 Å². The molecule has 3 fully saturated rings. The number of hydrogen-bond acceptors (Lipinski definition) is 12. The van der Waals surface area contributed by atoms with E-state index in [9.17, 15) is 44.7 Å². The molecular formula is C31H47NO12. The minimum absolute atomic E-state index is 0.0101. The Morgan fingerprint density at radius 1 is 1.11 bits per heavy atom. The van der Waals surface area contributed by atoms with Gasteiger partial charge in [0.15, 0.2) is 11.9 Å². The number of ether oxygens (including phenoxy) is 3. The molecule has 0 spiro atoms. The van der Waals surface area contributed by atoms with Crippen molar-refractivity contribution in [2.45, 2.75) is 134 Å². The molecule has 0 unspecified atom stereocenters. The molecule has 2 bridgehead atoms. The molecule has 13 nitrogen and oxygen atoms in total. The summed E-state index contributed by atoms with van der Waals surface area (Å²) in [5, 5.41) is 61.1. The summed E-state index contributed by atoms with van der Waals surface area (Å²) < 4.78 is 17.1. The van der Waals surface area contributed by atoms with Crippen molar-refractivity contribution in [1.29, 1.82) is 0 Å². The molecule has 11 atom stereocenters. The number of aliphatic hydroxyl groups is 5. The SMILES string of the molecule is CCCC[C@H](NC(C)=O)[C@@H](O)C(=O)O[C@H]1C[C@@]2(O)[C@@H](OC(C)=O)[C@@H]3[C@]4(O)CO[C@@H]4C[C@H](O)[C@@]3(C)C(=O)[C@H](O)C(=C1C)C2(C)C. The van der Waals surface area contributed by atoms with Gasteiger partial charge in [0.2, 0.25) is 5.91 Å². The Labute approximate surface area is 256 Å². The van der Waals surface area contributed by atoms with Gasteiger partial charge in [-0.15, -0.1) is 0 Å². The number of rotatable bonds is 8. The summed E-state index contributed by atoms with van der Waals surface area (Å²) in [5.41, 5.74) is -7.11. The molecule has 3 aliphatic carbocycles. The van der Waals surface area contributed by atoms with Crippen molar-refractivity contribution >= 4 is 23.6 Å². The van der Waals surface area contributed by atoms with E-state index >= 15 is 0 Å². The molecule has 4 aliphatic rings. The number of Topliss-reactive ketones (excluding diaryl/α,β-unsaturated/α-hetero) is 1. The average Bonchev–Trinajstić information content (AvgIpc) is 2.92. The standard InChI is InChI=1S/C31H47NO12/c1-8-9-10-17(32-15(3)33)22(36)27(39)44-18-12-31(41)26(43-16(4)34)24-29(7,19(35)11-20-30(24,40)13-42-20)25(38)23(37)21(14(18)2)28(31,5)6/h17-20,22-24,26,35-37,40-41H,8-13H2,1-7H3,(H,32,33)/t17-,18-,19-,20+,22+,23+,24-,26-,29+,30-,31+/m0/s1. The van der Waals surface area contributed by atoms with Crippen LogP contribution in [0, 0.1) is 16.7 Å². The van der Waals surface area contributed by atoms with E-state index in [0.717, 1.165) is 13.3 Å². The molecule has 6 N–H and O–H groups in total. The molecule has 1 aliphatic heterocycles. The molecule has 0 radical (unpaired) electrons. The lowest BCUT2D eigenvalue weighted by Gasteiger charge is -2.66. The van der Waals surface area contributed by atoms with E-state index in [1.165, 1.54) is 20.8 Å². The van der Waals surface area contributed by atoms with Gasteiger partial charge in [0.1, 0.15) is 29.5 Å². The minimum atomic E-state index is -2.18. The number of amides is 1. The van der Waals surface area contributed by atoms with Gasteiger partial charge in [-0.3, -0.25) is 14.4 Å². The normalized spacial score (nSPS) is 40.7. The average molecular weight is 626 g/mol. The second-order valence-corrected chi connectivity index (χ2v) is 13.8. The fourth-order valence-corrected chi connectivity index (χ4v) is 8.17. The summed E-state index contributed by atoms with van der Waals surface area (Å²) in [5.74, 6) is -4.66. The molecule has 1 amide bonds. The van der Waals surface area contributed by atoms with Crippen LogP contribution in [0.15, 0.2) is 11.1 Å². The lowest BCUT2D eigenvalue weighted by molar-refractivity contribution is -0.345. The summed E-state index contributed by atoms with van der Waals surface area (Å²) in [7, 11) is 0. The number of carbonyl (C=O) groups is 4. The number of aliphatic hydroxyl groups excluding tert-OH is 3. The highest BCUT2D eigenvalue weighted by Gasteiger charge is 2.76. The van der Waals surface area contributed by atoms with Crippen LogP contribution >= 0.6 is 0 Å². The van der Waals surface area contributed by atoms with E-state index in [1.54, 1.807) is 13.8 Å². The molecule has 13 heteroatoms. The van der Waals surface area contributed by atoms with Crippen molar-refractivity contribution in [1.82, 2.24) is 5.32 Å². The largest absolute Gasteiger partial charge is 0.459 e. The Bertz CT molecular complexity index is 1230. The van der Waals surface area contributed by atoms with Gasteiger partial charge in [-0.1, -0.05) is 33.6 Å². The number of ketones is 1. The van der Waals surface area contributed by atoms with Crippen LogP contribution in [0.1, 0.15) is 80.6 Å². The van der Waals surface area contributed by atoms with Gasteiger partial charge in [-0.05, 0) is 31.4 Å². The Kier molecular flexibility index (Phi) is 9.19. The first kappa shape index (κ1) is 34.5. The lowest BCUT2D eigenvalue weighted by Crippen LogP contribution is -2.81. The van der Waals surface area contributed by atoms with Crippen LogP contribution in [-0.2, 0) is 33.4 Å². The molecule has 44 heavy (non-hydrogen) atoms. The summed E-state index contributed by atoms with van der Waals surface area (Å²) in [6, 6.07) is -0.948. The van der Waals surface area contributed by atoms with Gasteiger partial charge in [0.05, 0.1) is 30.3 Å². The molecule has 0 aromatic heterocycles. The number of unbranched alkanes of at least 4 members (excludes halogenated alkanes) is 1. The number of hydrogen-bond donors (Lipinski definition) is 6. The van der Waals surface area contributed by atoms with E-state index in [2.05, 4.69) is 5.32 Å². The lowest BCUT2D eigenvalue weighted by atomic mass is 9.45. The second-order valence-electron chi connectivity index (χ2n) is 13.8. The van der Waals surface area contributed by atoms with Gasteiger partial charge < -0.3 is 45.1 Å². The van der Waals surface area contributed by atoms with E-state index in [4.69, 9.17) is 14.2 Å². The van der Waals surface area contributed by atoms with Crippen molar-refractivity contribution in [3.63, 3.8) is 0 Å². The molecule has 1 saturated heterocycles. The maximum absolute atomic E-state index is 14.3. The third kappa shape index (κ3) is 5.09. The van der Waals surface area contributed by atoms with Gasteiger partial charge in [-0.2, -0.15) is 0 Å². The van der Waals surface area contributed by atoms with Gasteiger partial charge >= 0.3 is 11.9 Å². The minimum Gasteiger partial charge on any atom is -0.459 e. The van der Waals surface area contributed by atoms with Crippen LogP contribution in [0.4, 0.5) is 0 Å². The fourth-order valence-electron chi connectivity index (χ4n) is 8.17. The zero-order valence-electron chi connectivity index (χ0n) is 26.5. The van der Waals surface area contributed by atoms with E-state index in [1.807, 2.05) is 6.92 Å². The van der Waals surface area contributed by atoms with Crippen molar-refractivity contribution in [3.8, 4) is 0 Å². The molecule has 4 rings (SSSR count). The summed E-state index contributed by atoms with van der Waals surface area (Å²) in [4.78, 5) is 52.0. The Hall–Kier alpha value is -2.42. The zero-order chi connectivity index (χ0) is 33.2. The second kappa shape index (κ2) is 11.7. The number of esters is 2. The van der Waals surface area contributed by atoms with Crippen LogP contribution in [0.5, 0.6) is 0 Å². The Balaban J connectivity index is 1.86. The summed E-state index contributed by atoms with van der Waals surface area (Å²) in [6.45, 7) is 10.0. The maximum atomic E-state index is 14.3. The summed E-state index contributed by atoms with van der Waals surface area (Å²) >= 11 is 0. The highest BCUT2D eigenvalue weighted by Crippen LogP contribution is 2.63. The quantitative estimate of drug-likeness (QED) is 0.153.